The molecule has 6 heterocycles. The monoisotopic (exact) mass is 1560 g/mol. The maximum Gasteiger partial charge on any atom is 0.402 e. The maximum atomic E-state index is 13.7. The largest absolute Gasteiger partial charge is 0.508 e. The molecule has 0 amide bonds. The third-order valence-electron chi connectivity index (χ3n) is 18.0. The maximum absolute atomic E-state index is 13.7. The molecule has 0 bridgehead atoms. The number of phenols is 5. The molecule has 41 nitrogen and oxygen atoms in total. The first-order valence-electron chi connectivity index (χ1n) is 33.3. The molecule has 0 radical (unpaired) electrons. The van der Waals surface area contributed by atoms with Crippen molar-refractivity contribution in [3.8, 4) is 63.1 Å². The lowest BCUT2D eigenvalue weighted by atomic mass is 9.97. The predicted octanol–water partition coefficient (Wildman–Crippen LogP) is -4.93. The number of esters is 4. The van der Waals surface area contributed by atoms with Gasteiger partial charge in [-0.25, -0.2) is 18.8 Å². The number of benzene rings is 5. The van der Waals surface area contributed by atoms with E-state index in [4.69, 9.17) is 75.8 Å². The minimum absolute atomic E-state index is 0.0215. The van der Waals surface area contributed by atoms with Crippen LogP contribution >= 0.6 is 0 Å². The lowest BCUT2D eigenvalue weighted by Crippen LogP contribution is -2.65. The number of aliphatic hydroxyl groups is 15. The highest BCUT2D eigenvalue weighted by molar-refractivity contribution is 5.92. The topological polar surface area (TPSA) is 651 Å². The van der Waals surface area contributed by atoms with Crippen LogP contribution in [-0.4, -0.2) is 324 Å². The predicted molar refractivity (Wildman–Crippen MR) is 350 cm³/mol. The van der Waals surface area contributed by atoms with Crippen molar-refractivity contribution in [3.05, 3.63) is 120 Å². The molecule has 0 unspecified atom stereocenters. The number of ether oxygens (including phenoxy) is 14. The molecule has 596 valence electrons. The Hall–Kier alpha value is -9.78. The van der Waals surface area contributed by atoms with Gasteiger partial charge in [0, 0.05) is 24.3 Å². The van der Waals surface area contributed by atoms with Gasteiger partial charge in [0.2, 0.25) is 30.9 Å². The Kier molecular flexibility index (Phi) is 25.6. The Balaban J connectivity index is 0.833. The summed E-state index contributed by atoms with van der Waals surface area (Å²) in [6.07, 6.45) is -49.2. The molecule has 110 heavy (non-hydrogen) atoms. The van der Waals surface area contributed by atoms with E-state index in [2.05, 4.69) is 0 Å². The lowest BCUT2D eigenvalue weighted by molar-refractivity contribution is -0.357. The zero-order valence-electron chi connectivity index (χ0n) is 56.5. The summed E-state index contributed by atoms with van der Waals surface area (Å²) in [5.74, 6) is -11.7. The van der Waals surface area contributed by atoms with Crippen LogP contribution in [0.15, 0.2) is 108 Å². The second kappa shape index (κ2) is 34.6. The second-order valence-corrected chi connectivity index (χ2v) is 25.6. The highest BCUT2D eigenvalue weighted by Gasteiger charge is 2.54. The number of fused-ring (bicyclic) bond motifs is 1. The molecule has 0 aliphatic carbocycles. The van der Waals surface area contributed by atoms with E-state index in [0.29, 0.717) is 0 Å². The third-order valence-corrected chi connectivity index (χ3v) is 18.0. The molecule has 1 aromatic heterocycles. The average molecular weight is 1560 g/mol. The van der Waals surface area contributed by atoms with Gasteiger partial charge in [-0.1, -0.05) is 0 Å². The fraction of sp³-hybridized carbons (Fsp3) is 0.449. The van der Waals surface area contributed by atoms with Crippen LogP contribution in [0.4, 0.5) is 0 Å². The van der Waals surface area contributed by atoms with Gasteiger partial charge in [0.05, 0.1) is 34.9 Å². The minimum Gasteiger partial charge on any atom is -0.508 e. The molecule has 21 N–H and O–H groups in total. The van der Waals surface area contributed by atoms with Crippen LogP contribution in [0.3, 0.4) is 0 Å². The highest BCUT2D eigenvalue weighted by atomic mass is 16.8. The molecule has 6 aromatic rings. The summed E-state index contributed by atoms with van der Waals surface area (Å²) < 4.78 is 85.1. The van der Waals surface area contributed by atoms with Gasteiger partial charge in [-0.2, -0.15) is 0 Å². The molecule has 11 rings (SSSR count). The normalized spacial score (nSPS) is 32.3. The van der Waals surface area contributed by atoms with E-state index in [9.17, 15) is 126 Å². The summed E-state index contributed by atoms with van der Waals surface area (Å²) in [5.41, 5.74) is -1.17. The molecule has 5 aliphatic rings. The van der Waals surface area contributed by atoms with Crippen molar-refractivity contribution in [2.24, 2.45) is 0 Å². The molecule has 41 heteroatoms. The van der Waals surface area contributed by atoms with Crippen LogP contribution in [0.1, 0.15) is 37.5 Å². The Labute approximate surface area is 616 Å². The van der Waals surface area contributed by atoms with Crippen molar-refractivity contribution in [2.45, 2.75) is 160 Å². The molecular weight excluding hydrogens is 1480 g/mol. The van der Waals surface area contributed by atoms with E-state index in [1.54, 1.807) is 0 Å². The van der Waals surface area contributed by atoms with E-state index < -0.39 is 269 Å². The molecular formula is C69H75O41+. The van der Waals surface area contributed by atoms with Crippen LogP contribution in [0, 0.1) is 0 Å². The molecule has 0 spiro atoms. The standard InChI is InChI=1S/C69H74O41/c70-19-38-46(79)51(84)56(89)65(105-38)100-29-9-3-25(4-10-29)63(94)98-22-41-49(82)54(87)59(92)68(108-41)110-61-55(88)50(83)42(23-99-64(95)26-5-11-30(12-6-26)101-66-57(90)52(85)48(81)40(106-66)21-97-62(93)24-1-7-28(71)8-2-24)109-69(61)102-31-15-33(72)32-17-37(60(103-36(32)16-31)27-13-34(73)45(78)35(74)14-27)104-67-58(91)53(86)47(80)39(107-67)20-96-44(77)18-43(75)76/h1-17,38-42,46-59,61,65-70,79-92H,18-23H2,(H5-,71,72,73,74,75,76,78,93)/p+1/t38-,39-,40-,41-,42-,46-,47-,48-,49-,50-,51+,52+,53+,54+,55+,56-,57-,58-,59-,61-,65-,66-,67-,68+,69-/m1/s1. The van der Waals surface area contributed by atoms with Crippen molar-refractivity contribution >= 4 is 40.8 Å². The molecule has 5 aliphatic heterocycles. The van der Waals surface area contributed by atoms with Gasteiger partial charge in [-0.3, -0.25) is 9.59 Å². The van der Waals surface area contributed by atoms with Gasteiger partial charge >= 0.3 is 41.2 Å². The van der Waals surface area contributed by atoms with E-state index >= 15 is 0 Å². The zero-order valence-corrected chi connectivity index (χ0v) is 56.5. The Bertz CT molecular complexity index is 4180. The van der Waals surface area contributed by atoms with Gasteiger partial charge in [0.15, 0.2) is 29.6 Å². The zero-order chi connectivity index (χ0) is 79.4. The first-order valence-corrected chi connectivity index (χ1v) is 33.3. The van der Waals surface area contributed by atoms with Gasteiger partial charge in [-0.15, -0.1) is 0 Å². The Morgan fingerprint density at radius 3 is 1.22 bits per heavy atom. The van der Waals surface area contributed by atoms with Crippen molar-refractivity contribution in [2.75, 3.05) is 33.0 Å². The SMILES string of the molecule is O=C(O)CC(=O)OC[C@H]1O[C@@H](Oc2cc3c(O)cc(O[C@@H]4O[C@H](COC(=O)c5ccc(O[C@@H]6O[C@H](COC(=O)c7ccc(O)cc7)[C@@H](O)[C@H](O)[C@H]6O)cc5)[C@@H](O)[C@H](O)[C@H]4O[C@@H]4O[C@H](COC(=O)c5ccc(O[C@@H]6O[C@H](CO)[C@@H](O)[C@H](O)[C@H]6O)cc5)[C@@H](O)[C@H](O)[C@H]4O)cc3[o+]c2-c2cc(O)c(O)c(O)c2)[C@H](O)[C@@H](O)[C@@H]1O. The third kappa shape index (κ3) is 18.1. The van der Waals surface area contributed by atoms with Gasteiger partial charge < -0.3 is 174 Å². The van der Waals surface area contributed by atoms with Crippen molar-refractivity contribution in [3.63, 3.8) is 0 Å². The smallest absolute Gasteiger partial charge is 0.402 e. The lowest BCUT2D eigenvalue weighted by Gasteiger charge is -2.46. The number of carboxylic acid groups (broad SMARTS) is 1. The van der Waals surface area contributed by atoms with Crippen molar-refractivity contribution in [1.82, 2.24) is 0 Å². The average Bonchev–Trinajstić information content (AvgIpc) is 0.766. The van der Waals surface area contributed by atoms with Gasteiger partial charge in [-0.05, 0) is 72.8 Å². The number of rotatable bonds is 25. The van der Waals surface area contributed by atoms with E-state index in [0.717, 1.165) is 42.5 Å². The summed E-state index contributed by atoms with van der Waals surface area (Å²) in [5, 5.41) is 224. The number of carbonyl (C=O) groups excluding carboxylic acids is 4. The highest BCUT2D eigenvalue weighted by Crippen LogP contribution is 2.46. The van der Waals surface area contributed by atoms with Crippen LogP contribution in [-0.2, 0) is 57.0 Å². The first-order chi connectivity index (χ1) is 52.3. The minimum atomic E-state index is -2.30. The summed E-state index contributed by atoms with van der Waals surface area (Å²) in [6, 6.07) is 19.0. The van der Waals surface area contributed by atoms with Gasteiger partial charge in [0.1, 0.15) is 183 Å². The van der Waals surface area contributed by atoms with E-state index in [1.165, 1.54) is 60.7 Å². The Morgan fingerprint density at radius 1 is 0.382 bits per heavy atom. The van der Waals surface area contributed by atoms with Gasteiger partial charge in [0.25, 0.3) is 0 Å². The number of carbonyl (C=O) groups is 5. The number of aliphatic hydroxyl groups excluding tert-OH is 15. The van der Waals surface area contributed by atoms with E-state index in [-0.39, 0.29) is 44.9 Å². The number of aliphatic carboxylic acids is 1. The van der Waals surface area contributed by atoms with Crippen molar-refractivity contribution in [1.29, 1.82) is 0 Å². The fourth-order valence-corrected chi connectivity index (χ4v) is 11.9. The number of hydrogen-bond donors (Lipinski definition) is 21. The van der Waals surface area contributed by atoms with Crippen molar-refractivity contribution < 1.29 is 202 Å². The number of phenolic OH excluding ortho intramolecular Hbond substituents is 5. The number of aromatic hydroxyl groups is 5. The number of carboxylic acids is 1. The molecule has 5 saturated heterocycles. The van der Waals surface area contributed by atoms with Crippen LogP contribution < -0.4 is 18.9 Å². The quantitative estimate of drug-likeness (QED) is 0.00839. The van der Waals surface area contributed by atoms with E-state index in [1.807, 2.05) is 0 Å². The molecule has 5 fully saturated rings. The molecule has 5 aromatic carbocycles. The summed E-state index contributed by atoms with van der Waals surface area (Å²) in [4.78, 5) is 62.9. The molecule has 0 saturated carbocycles. The summed E-state index contributed by atoms with van der Waals surface area (Å²) in [7, 11) is 0. The van der Waals surface area contributed by atoms with Crippen LogP contribution in [0.2, 0.25) is 0 Å². The summed E-state index contributed by atoms with van der Waals surface area (Å²) in [6.45, 7) is -4.16. The number of hydrogen-bond acceptors (Lipinski definition) is 39. The van der Waals surface area contributed by atoms with Crippen LogP contribution in [0.25, 0.3) is 22.3 Å². The fourth-order valence-electron chi connectivity index (χ4n) is 11.9. The second-order valence-electron chi connectivity index (χ2n) is 25.6. The molecule has 25 atom stereocenters. The van der Waals surface area contributed by atoms with Crippen LogP contribution in [0.5, 0.6) is 51.7 Å². The summed E-state index contributed by atoms with van der Waals surface area (Å²) >= 11 is 0. The Morgan fingerprint density at radius 2 is 0.764 bits per heavy atom. The first kappa shape index (κ1) is 81.2.